The second-order valence-corrected chi connectivity index (χ2v) is 7.25. The largest absolute Gasteiger partial charge is 0.480 e. The molecule has 1 fully saturated rings. The van der Waals surface area contributed by atoms with Crippen molar-refractivity contribution in [3.63, 3.8) is 0 Å². The van der Waals surface area contributed by atoms with Crippen molar-refractivity contribution in [1.82, 2.24) is 5.32 Å². The van der Waals surface area contributed by atoms with Crippen LogP contribution in [0.1, 0.15) is 18.4 Å². The molecule has 142 valence electrons. The molecule has 0 spiro atoms. The van der Waals surface area contributed by atoms with Crippen LogP contribution >= 0.6 is 11.8 Å². The third-order valence-electron chi connectivity index (χ3n) is 4.05. The zero-order chi connectivity index (χ0) is 18.9. The molecular formula is C18H24N2O5S. The van der Waals surface area contributed by atoms with Crippen LogP contribution in [0.3, 0.4) is 0 Å². The van der Waals surface area contributed by atoms with Gasteiger partial charge in [0.2, 0.25) is 11.8 Å². The average Bonchev–Trinajstić information content (AvgIpc) is 2.62. The highest BCUT2D eigenvalue weighted by Gasteiger charge is 2.31. The van der Waals surface area contributed by atoms with Crippen LogP contribution in [0.4, 0.5) is 5.69 Å². The smallest absolute Gasteiger partial charge is 0.326 e. The topological polar surface area (TPSA) is 105 Å². The number of aliphatic carboxylic acids is 1. The van der Waals surface area contributed by atoms with Crippen LogP contribution in [0.5, 0.6) is 0 Å². The van der Waals surface area contributed by atoms with Crippen LogP contribution in [0.25, 0.3) is 0 Å². The van der Waals surface area contributed by atoms with E-state index in [9.17, 15) is 19.5 Å². The Kier molecular flexibility index (Phi) is 7.93. The third-order valence-corrected chi connectivity index (χ3v) is 4.98. The van der Waals surface area contributed by atoms with Crippen LogP contribution in [0, 0.1) is 12.8 Å². The number of ether oxygens (including phenoxy) is 1. The molecule has 1 aromatic carbocycles. The van der Waals surface area contributed by atoms with Gasteiger partial charge in [0.05, 0.1) is 18.1 Å². The number of rotatable bonds is 8. The second kappa shape index (κ2) is 10.2. The number of aryl methyl sites for hydroxylation is 1. The SMILES string of the molecule is Cc1ccc(NC(=O)CSCC(=O)NC(C(=O)O)C2CCCOC2)cc1. The Labute approximate surface area is 156 Å². The highest BCUT2D eigenvalue weighted by molar-refractivity contribution is 8.00. The zero-order valence-corrected chi connectivity index (χ0v) is 15.5. The van der Waals surface area contributed by atoms with E-state index < -0.39 is 17.9 Å². The molecule has 0 saturated carbocycles. The van der Waals surface area contributed by atoms with Crippen LogP contribution in [0.2, 0.25) is 0 Å². The molecule has 1 saturated heterocycles. The van der Waals surface area contributed by atoms with Gasteiger partial charge < -0.3 is 20.5 Å². The molecule has 2 amide bonds. The quantitative estimate of drug-likeness (QED) is 0.634. The number of carbonyl (C=O) groups excluding carboxylic acids is 2. The normalized spacial score (nSPS) is 18.0. The van der Waals surface area contributed by atoms with Crippen molar-refractivity contribution in [2.45, 2.75) is 25.8 Å². The summed E-state index contributed by atoms with van der Waals surface area (Å²) in [6.07, 6.45) is 1.50. The predicted octanol–water partition coefficient (Wildman–Crippen LogP) is 1.66. The van der Waals surface area contributed by atoms with Gasteiger partial charge >= 0.3 is 5.97 Å². The van der Waals surface area contributed by atoms with Crippen molar-refractivity contribution in [3.8, 4) is 0 Å². The van der Waals surface area contributed by atoms with Crippen molar-refractivity contribution < 1.29 is 24.2 Å². The Balaban J connectivity index is 1.72. The summed E-state index contributed by atoms with van der Waals surface area (Å²) in [6, 6.07) is 6.47. The van der Waals surface area contributed by atoms with E-state index in [1.54, 1.807) is 0 Å². The van der Waals surface area contributed by atoms with E-state index in [1.165, 1.54) is 0 Å². The number of thioether (sulfide) groups is 1. The molecule has 7 nitrogen and oxygen atoms in total. The Morgan fingerprint density at radius 3 is 2.54 bits per heavy atom. The maximum atomic E-state index is 12.0. The van der Waals surface area contributed by atoms with Crippen molar-refractivity contribution in [2.24, 2.45) is 5.92 Å². The summed E-state index contributed by atoms with van der Waals surface area (Å²) in [6.45, 7) is 2.93. The lowest BCUT2D eigenvalue weighted by molar-refractivity contribution is -0.144. The number of nitrogens with one attached hydrogen (secondary N) is 2. The van der Waals surface area contributed by atoms with E-state index in [1.807, 2.05) is 31.2 Å². The molecule has 2 atom stereocenters. The summed E-state index contributed by atoms with van der Waals surface area (Å²) in [5.74, 6) is -1.74. The standard InChI is InChI=1S/C18H24N2O5S/c1-12-4-6-14(7-5-12)19-15(21)10-26-11-16(22)20-17(18(23)24)13-3-2-8-25-9-13/h4-7,13,17H,2-3,8-11H2,1H3,(H,19,21)(H,20,22)(H,23,24). The molecule has 0 bridgehead atoms. The summed E-state index contributed by atoms with van der Waals surface area (Å²) in [5, 5.41) is 14.6. The molecule has 26 heavy (non-hydrogen) atoms. The maximum absolute atomic E-state index is 12.0. The average molecular weight is 380 g/mol. The molecule has 0 aliphatic carbocycles. The molecule has 1 aliphatic rings. The van der Waals surface area contributed by atoms with E-state index in [0.29, 0.717) is 25.3 Å². The van der Waals surface area contributed by atoms with Crippen molar-refractivity contribution in [1.29, 1.82) is 0 Å². The number of carboxylic acid groups (broad SMARTS) is 1. The van der Waals surface area contributed by atoms with Gasteiger partial charge in [-0.05, 0) is 31.9 Å². The van der Waals surface area contributed by atoms with Crippen molar-refractivity contribution in [2.75, 3.05) is 30.0 Å². The molecule has 3 N–H and O–H groups in total. The van der Waals surface area contributed by atoms with Gasteiger partial charge in [-0.2, -0.15) is 0 Å². The Bertz CT molecular complexity index is 629. The van der Waals surface area contributed by atoms with E-state index in [4.69, 9.17) is 4.74 Å². The van der Waals surface area contributed by atoms with E-state index >= 15 is 0 Å². The number of anilines is 1. The first-order valence-corrected chi connectivity index (χ1v) is 9.65. The summed E-state index contributed by atoms with van der Waals surface area (Å²) in [7, 11) is 0. The van der Waals surface area contributed by atoms with Gasteiger partial charge in [0, 0.05) is 18.2 Å². The Hall–Kier alpha value is -2.06. The fourth-order valence-electron chi connectivity index (χ4n) is 2.70. The molecule has 0 aromatic heterocycles. The number of amides is 2. The lowest BCUT2D eigenvalue weighted by Crippen LogP contribution is -2.49. The van der Waals surface area contributed by atoms with Gasteiger partial charge in [0.25, 0.3) is 0 Å². The zero-order valence-electron chi connectivity index (χ0n) is 14.7. The second-order valence-electron chi connectivity index (χ2n) is 6.27. The molecule has 0 radical (unpaired) electrons. The van der Waals surface area contributed by atoms with Crippen LogP contribution < -0.4 is 10.6 Å². The minimum Gasteiger partial charge on any atom is -0.480 e. The minimum atomic E-state index is -1.06. The summed E-state index contributed by atoms with van der Waals surface area (Å²) >= 11 is 1.14. The van der Waals surface area contributed by atoms with E-state index in [-0.39, 0.29) is 23.3 Å². The fraction of sp³-hybridized carbons (Fsp3) is 0.500. The number of carbonyl (C=O) groups is 3. The molecular weight excluding hydrogens is 356 g/mol. The van der Waals surface area contributed by atoms with Crippen LogP contribution in [-0.2, 0) is 19.1 Å². The number of benzene rings is 1. The maximum Gasteiger partial charge on any atom is 0.326 e. The molecule has 1 aliphatic heterocycles. The van der Waals surface area contributed by atoms with Gasteiger partial charge in [0.15, 0.2) is 0 Å². The summed E-state index contributed by atoms with van der Waals surface area (Å²) in [4.78, 5) is 35.3. The molecule has 8 heteroatoms. The van der Waals surface area contributed by atoms with Gasteiger partial charge in [-0.1, -0.05) is 17.7 Å². The van der Waals surface area contributed by atoms with Crippen molar-refractivity contribution >= 4 is 35.2 Å². The first-order valence-electron chi connectivity index (χ1n) is 8.50. The number of carboxylic acids is 1. The lowest BCUT2D eigenvalue weighted by Gasteiger charge is -2.28. The summed E-state index contributed by atoms with van der Waals surface area (Å²) < 4.78 is 5.30. The van der Waals surface area contributed by atoms with E-state index in [2.05, 4.69) is 10.6 Å². The van der Waals surface area contributed by atoms with Crippen molar-refractivity contribution in [3.05, 3.63) is 29.8 Å². The number of hydrogen-bond acceptors (Lipinski definition) is 5. The monoisotopic (exact) mass is 380 g/mol. The lowest BCUT2D eigenvalue weighted by atomic mass is 9.94. The highest BCUT2D eigenvalue weighted by Crippen LogP contribution is 2.18. The molecule has 1 heterocycles. The van der Waals surface area contributed by atoms with E-state index in [0.717, 1.165) is 23.7 Å². The molecule has 2 rings (SSSR count). The Morgan fingerprint density at radius 1 is 1.23 bits per heavy atom. The first-order chi connectivity index (χ1) is 12.5. The Morgan fingerprint density at radius 2 is 1.92 bits per heavy atom. The predicted molar refractivity (Wildman–Crippen MR) is 100 cm³/mol. The molecule has 1 aromatic rings. The van der Waals surface area contributed by atoms with Crippen LogP contribution in [0.15, 0.2) is 24.3 Å². The van der Waals surface area contributed by atoms with Crippen LogP contribution in [-0.4, -0.2) is 53.7 Å². The highest BCUT2D eigenvalue weighted by atomic mass is 32.2. The fourth-order valence-corrected chi connectivity index (χ4v) is 3.32. The van der Waals surface area contributed by atoms with Gasteiger partial charge in [-0.15, -0.1) is 11.8 Å². The minimum absolute atomic E-state index is 0.0265. The van der Waals surface area contributed by atoms with Gasteiger partial charge in [-0.25, -0.2) is 4.79 Å². The molecule has 2 unspecified atom stereocenters. The first kappa shape index (κ1) is 20.3. The third kappa shape index (κ3) is 6.68. The number of hydrogen-bond donors (Lipinski definition) is 3. The van der Waals surface area contributed by atoms with Gasteiger partial charge in [-0.3, -0.25) is 9.59 Å². The van der Waals surface area contributed by atoms with Gasteiger partial charge in [0.1, 0.15) is 6.04 Å². The summed E-state index contributed by atoms with van der Waals surface area (Å²) in [5.41, 5.74) is 1.80.